The minimum Gasteiger partial charge on any atom is -0.465 e. The van der Waals surface area contributed by atoms with Crippen molar-refractivity contribution >= 4 is 11.9 Å². The van der Waals surface area contributed by atoms with Crippen LogP contribution in [-0.4, -0.2) is 91.4 Å². The van der Waals surface area contributed by atoms with Gasteiger partial charge in [0.05, 0.1) is 19.8 Å². The fraction of sp³-hybridized carbons (Fsp3) is 0.964. The lowest BCUT2D eigenvalue weighted by Crippen LogP contribution is -2.53. The van der Waals surface area contributed by atoms with Crippen LogP contribution in [0.4, 0.5) is 8.78 Å². The van der Waals surface area contributed by atoms with E-state index in [4.69, 9.17) is 9.47 Å². The van der Waals surface area contributed by atoms with E-state index in [2.05, 4.69) is 37.5 Å². The molecule has 65 heavy (non-hydrogen) atoms. The summed E-state index contributed by atoms with van der Waals surface area (Å²) in [7, 11) is 0. The van der Waals surface area contributed by atoms with E-state index in [1.54, 1.807) is 0 Å². The first kappa shape index (κ1) is 61.7. The summed E-state index contributed by atoms with van der Waals surface area (Å²) in [6, 6.07) is -0.122. The number of aliphatic hydroxyl groups excluding tert-OH is 1. The number of carbonyl (C=O) groups excluding carboxylic acids is 2. The first-order chi connectivity index (χ1) is 31.7. The standard InChI is InChI=1S/C56H108F2N2O5/c1-5-9-13-17-21-27-35-51(36-28-22-18-14-10-6-2)49-64-54(62)39-31-25-33-41-59(45-46-61)43-44-60(53-47-56(57,58)48-53)42-34-26-32-40-55(63)65-50-52(37-29-23-19-15-11-7-3)38-30-24-20-16-12-8-4/h51-53,61H,5-50H2,1-4H3. The molecule has 0 radical (unpaired) electrons. The molecule has 1 aliphatic rings. The highest BCUT2D eigenvalue weighted by Gasteiger charge is 2.47. The molecule has 0 aromatic rings. The summed E-state index contributed by atoms with van der Waals surface area (Å²) in [5.41, 5.74) is 0. The second kappa shape index (κ2) is 43.9. The summed E-state index contributed by atoms with van der Waals surface area (Å²) in [4.78, 5) is 30.0. The van der Waals surface area contributed by atoms with E-state index >= 15 is 0 Å². The van der Waals surface area contributed by atoms with Crippen molar-refractivity contribution < 1.29 is 33.0 Å². The van der Waals surface area contributed by atoms with Crippen LogP contribution in [0, 0.1) is 11.8 Å². The number of rotatable bonds is 50. The van der Waals surface area contributed by atoms with Gasteiger partial charge in [-0.1, -0.05) is 195 Å². The van der Waals surface area contributed by atoms with Crippen molar-refractivity contribution in [2.75, 3.05) is 52.5 Å². The molecule has 0 aliphatic heterocycles. The minimum absolute atomic E-state index is 0.0570. The lowest BCUT2D eigenvalue weighted by atomic mass is 9.86. The number of halogens is 2. The van der Waals surface area contributed by atoms with Gasteiger partial charge in [0.15, 0.2) is 0 Å². The predicted molar refractivity (Wildman–Crippen MR) is 271 cm³/mol. The fourth-order valence-electron chi connectivity index (χ4n) is 9.70. The van der Waals surface area contributed by atoms with Gasteiger partial charge in [-0.3, -0.25) is 19.4 Å². The molecular formula is C56H108F2N2O5. The summed E-state index contributed by atoms with van der Waals surface area (Å²) in [6.07, 6.45) is 41.3. The number of hydrogen-bond donors (Lipinski definition) is 1. The number of unbranched alkanes of at least 4 members (excludes halogenated alkanes) is 24. The predicted octanol–water partition coefficient (Wildman–Crippen LogP) is 15.8. The number of carbonyl (C=O) groups is 2. The first-order valence-corrected chi connectivity index (χ1v) is 28.4. The third kappa shape index (κ3) is 37.3. The van der Waals surface area contributed by atoms with Crippen LogP contribution in [0.2, 0.25) is 0 Å². The zero-order valence-electron chi connectivity index (χ0n) is 43.5. The van der Waals surface area contributed by atoms with E-state index in [-0.39, 0.29) is 37.4 Å². The maximum Gasteiger partial charge on any atom is 0.305 e. The van der Waals surface area contributed by atoms with Crippen LogP contribution in [-0.2, 0) is 19.1 Å². The minimum atomic E-state index is -2.58. The first-order valence-electron chi connectivity index (χ1n) is 28.4. The molecule has 1 aliphatic carbocycles. The Bertz CT molecular complexity index is 1030. The highest BCUT2D eigenvalue weighted by molar-refractivity contribution is 5.69. The quantitative estimate of drug-likeness (QED) is 0.0481. The molecule has 0 heterocycles. The molecule has 0 bridgehead atoms. The van der Waals surface area contributed by atoms with E-state index in [1.807, 2.05) is 0 Å². The maximum atomic E-state index is 14.0. The number of aliphatic hydroxyl groups is 1. The SMILES string of the molecule is CCCCCCCCC(CCCCCCCC)COC(=O)CCCCCN(CCO)CCN(CCCCCC(=O)OCC(CCCCCCCC)CCCCCCCC)C1CC(F)(F)C1. The molecule has 1 saturated carbocycles. The molecule has 0 amide bonds. The average Bonchev–Trinajstić information content (AvgIpc) is 3.28. The van der Waals surface area contributed by atoms with Crippen molar-refractivity contribution in [3.63, 3.8) is 0 Å². The van der Waals surface area contributed by atoms with Gasteiger partial charge in [-0.05, 0) is 76.3 Å². The fourth-order valence-corrected chi connectivity index (χ4v) is 9.70. The largest absolute Gasteiger partial charge is 0.465 e. The van der Waals surface area contributed by atoms with Gasteiger partial charge in [0.2, 0.25) is 0 Å². The van der Waals surface area contributed by atoms with Crippen LogP contribution < -0.4 is 0 Å². The monoisotopic (exact) mass is 927 g/mol. The third-order valence-corrected chi connectivity index (χ3v) is 14.2. The Kier molecular flexibility index (Phi) is 41.7. The van der Waals surface area contributed by atoms with Crippen molar-refractivity contribution in [3.8, 4) is 0 Å². The summed E-state index contributed by atoms with van der Waals surface area (Å²) >= 11 is 0. The van der Waals surface area contributed by atoms with Crippen LogP contribution in [0.1, 0.15) is 272 Å². The Balaban J connectivity index is 2.45. The molecular weight excluding hydrogens is 819 g/mol. The number of nitrogens with zero attached hydrogens (tertiary/aromatic N) is 2. The Morgan fingerprint density at radius 2 is 0.831 bits per heavy atom. The zero-order chi connectivity index (χ0) is 47.5. The Morgan fingerprint density at radius 3 is 1.20 bits per heavy atom. The molecule has 9 heteroatoms. The number of esters is 2. The van der Waals surface area contributed by atoms with Crippen LogP contribution in [0.15, 0.2) is 0 Å². The molecule has 7 nitrogen and oxygen atoms in total. The van der Waals surface area contributed by atoms with Crippen LogP contribution in [0.3, 0.4) is 0 Å². The van der Waals surface area contributed by atoms with Gasteiger partial charge in [0.1, 0.15) is 0 Å². The highest BCUT2D eigenvalue weighted by atomic mass is 19.3. The van der Waals surface area contributed by atoms with Crippen LogP contribution >= 0.6 is 0 Å². The molecule has 1 N–H and O–H groups in total. The normalized spacial score (nSPS) is 14.0. The summed E-state index contributed by atoms with van der Waals surface area (Å²) in [6.45, 7) is 13.7. The van der Waals surface area contributed by atoms with Crippen LogP contribution in [0.5, 0.6) is 0 Å². The molecule has 0 unspecified atom stereocenters. The second-order valence-electron chi connectivity index (χ2n) is 20.5. The Labute approximate surface area is 401 Å². The Morgan fingerprint density at radius 1 is 0.477 bits per heavy atom. The smallest absolute Gasteiger partial charge is 0.305 e. The van der Waals surface area contributed by atoms with Crippen molar-refractivity contribution in [1.82, 2.24) is 9.80 Å². The summed E-state index contributed by atoms with van der Waals surface area (Å²) in [5.74, 6) is -1.83. The zero-order valence-corrected chi connectivity index (χ0v) is 43.5. The molecule has 0 spiro atoms. The molecule has 0 aromatic heterocycles. The Hall–Kier alpha value is -1.32. The highest BCUT2D eigenvalue weighted by Crippen LogP contribution is 2.40. The van der Waals surface area contributed by atoms with Crippen molar-refractivity contribution in [3.05, 3.63) is 0 Å². The van der Waals surface area contributed by atoms with Crippen molar-refractivity contribution in [1.29, 1.82) is 0 Å². The average molecular weight is 927 g/mol. The lowest BCUT2D eigenvalue weighted by Gasteiger charge is -2.43. The van der Waals surface area contributed by atoms with Crippen molar-refractivity contribution in [2.24, 2.45) is 11.8 Å². The van der Waals surface area contributed by atoms with Gasteiger partial charge in [-0.15, -0.1) is 0 Å². The van der Waals surface area contributed by atoms with Gasteiger partial charge in [0, 0.05) is 51.4 Å². The third-order valence-electron chi connectivity index (χ3n) is 14.2. The van der Waals surface area contributed by atoms with E-state index in [0.717, 1.165) is 77.3 Å². The molecule has 1 rings (SSSR count). The molecule has 386 valence electrons. The molecule has 0 saturated heterocycles. The van der Waals surface area contributed by atoms with Crippen LogP contribution in [0.25, 0.3) is 0 Å². The molecule has 0 aromatic carbocycles. The van der Waals surface area contributed by atoms with E-state index in [0.29, 0.717) is 57.5 Å². The van der Waals surface area contributed by atoms with E-state index < -0.39 is 5.92 Å². The van der Waals surface area contributed by atoms with Crippen molar-refractivity contribution in [2.45, 2.75) is 284 Å². The van der Waals surface area contributed by atoms with Gasteiger partial charge < -0.3 is 14.6 Å². The maximum absolute atomic E-state index is 14.0. The topological polar surface area (TPSA) is 79.3 Å². The van der Waals surface area contributed by atoms with Gasteiger partial charge in [0.25, 0.3) is 5.92 Å². The number of alkyl halides is 2. The second-order valence-corrected chi connectivity index (χ2v) is 20.5. The number of ether oxygens (including phenoxy) is 2. The molecule has 0 atom stereocenters. The number of hydrogen-bond acceptors (Lipinski definition) is 7. The van der Waals surface area contributed by atoms with Gasteiger partial charge in [-0.25, -0.2) is 8.78 Å². The summed E-state index contributed by atoms with van der Waals surface area (Å²) < 4.78 is 39.7. The summed E-state index contributed by atoms with van der Waals surface area (Å²) in [5, 5.41) is 9.83. The van der Waals surface area contributed by atoms with E-state index in [9.17, 15) is 23.5 Å². The lowest BCUT2D eigenvalue weighted by molar-refractivity contribution is -0.146. The van der Waals surface area contributed by atoms with E-state index in [1.165, 1.54) is 154 Å². The molecule has 1 fully saturated rings. The van der Waals surface area contributed by atoms with Gasteiger partial charge >= 0.3 is 11.9 Å². The van der Waals surface area contributed by atoms with Gasteiger partial charge in [-0.2, -0.15) is 0 Å².